The van der Waals surface area contributed by atoms with Crippen molar-refractivity contribution in [3.63, 3.8) is 0 Å². The molecule has 0 unspecified atom stereocenters. The normalized spacial score (nSPS) is 10.4. The molecule has 0 saturated heterocycles. The summed E-state index contributed by atoms with van der Waals surface area (Å²) in [6, 6.07) is 17.5. The van der Waals surface area contributed by atoms with Crippen molar-refractivity contribution in [3.8, 4) is 5.75 Å². The van der Waals surface area contributed by atoms with Gasteiger partial charge in [0.2, 0.25) is 0 Å². The van der Waals surface area contributed by atoms with Crippen LogP contribution >= 0.6 is 11.3 Å². The minimum absolute atomic E-state index is 0.185. The maximum atomic E-state index is 12.4. The summed E-state index contributed by atoms with van der Waals surface area (Å²) in [5.74, 6) is 0.287. The zero-order valence-corrected chi connectivity index (χ0v) is 17.8. The van der Waals surface area contributed by atoms with Gasteiger partial charge in [0.15, 0.2) is 0 Å². The largest absolute Gasteiger partial charge is 0.487 e. The molecule has 32 heavy (non-hydrogen) atoms. The molecule has 0 saturated carbocycles. The van der Waals surface area contributed by atoms with E-state index in [1.165, 1.54) is 11.3 Å². The number of rotatable bonds is 8. The van der Waals surface area contributed by atoms with Crippen LogP contribution < -0.4 is 15.4 Å². The van der Waals surface area contributed by atoms with E-state index in [1.54, 1.807) is 66.4 Å². The Morgan fingerprint density at radius 2 is 1.56 bits per heavy atom. The number of anilines is 1. The highest BCUT2D eigenvalue weighted by Crippen LogP contribution is 2.15. The van der Waals surface area contributed by atoms with E-state index < -0.39 is 0 Å². The number of carbonyl (C=O) groups is 2. The SMILES string of the molecule is O=C(NCc1ccc(C(=O)Nc2ccncc2)cc1)c1ccc(OCc2cscn2)cc1. The molecule has 0 aliphatic carbocycles. The average molecular weight is 445 g/mol. The lowest BCUT2D eigenvalue weighted by Gasteiger charge is -2.08. The lowest BCUT2D eigenvalue weighted by molar-refractivity contribution is 0.0949. The van der Waals surface area contributed by atoms with Crippen molar-refractivity contribution in [1.29, 1.82) is 0 Å². The van der Waals surface area contributed by atoms with Crippen LogP contribution in [0.3, 0.4) is 0 Å². The van der Waals surface area contributed by atoms with Gasteiger partial charge in [-0.25, -0.2) is 4.98 Å². The number of benzene rings is 2. The number of hydrogen-bond acceptors (Lipinski definition) is 6. The molecule has 8 heteroatoms. The molecule has 0 bridgehead atoms. The van der Waals surface area contributed by atoms with Crippen molar-refractivity contribution in [2.45, 2.75) is 13.2 Å². The second-order valence-electron chi connectivity index (χ2n) is 6.86. The Morgan fingerprint density at radius 1 is 0.875 bits per heavy atom. The molecule has 2 heterocycles. The minimum atomic E-state index is -0.205. The summed E-state index contributed by atoms with van der Waals surface area (Å²) in [5, 5.41) is 7.62. The lowest BCUT2D eigenvalue weighted by atomic mass is 10.1. The quantitative estimate of drug-likeness (QED) is 0.423. The summed E-state index contributed by atoms with van der Waals surface area (Å²) in [4.78, 5) is 32.8. The second-order valence-corrected chi connectivity index (χ2v) is 7.58. The number of ether oxygens (including phenoxy) is 1. The third kappa shape index (κ3) is 5.77. The van der Waals surface area contributed by atoms with Crippen molar-refractivity contribution in [3.05, 3.63) is 106 Å². The van der Waals surface area contributed by atoms with Gasteiger partial charge in [-0.15, -0.1) is 11.3 Å². The first-order valence-corrected chi connectivity index (χ1v) is 10.8. The van der Waals surface area contributed by atoms with Gasteiger partial charge in [-0.05, 0) is 54.1 Å². The molecule has 0 spiro atoms. The Bertz CT molecular complexity index is 1160. The van der Waals surface area contributed by atoms with Crippen LogP contribution in [0, 0.1) is 0 Å². The molecule has 0 aliphatic rings. The number of carbonyl (C=O) groups excluding carboxylic acids is 2. The zero-order valence-electron chi connectivity index (χ0n) is 17.0. The number of pyridine rings is 1. The number of nitrogens with one attached hydrogen (secondary N) is 2. The summed E-state index contributed by atoms with van der Waals surface area (Å²) in [6.45, 7) is 0.749. The molecule has 2 N–H and O–H groups in total. The van der Waals surface area contributed by atoms with Crippen LogP contribution in [-0.2, 0) is 13.2 Å². The molecule has 4 aromatic rings. The summed E-state index contributed by atoms with van der Waals surface area (Å²) >= 11 is 1.52. The van der Waals surface area contributed by atoms with Crippen LogP contribution in [0.5, 0.6) is 5.75 Å². The Labute approximate surface area is 189 Å². The fraction of sp³-hybridized carbons (Fsp3) is 0.0833. The molecule has 160 valence electrons. The van der Waals surface area contributed by atoms with E-state index in [2.05, 4.69) is 20.6 Å². The number of hydrogen-bond donors (Lipinski definition) is 2. The Balaban J connectivity index is 1.26. The highest BCUT2D eigenvalue weighted by Gasteiger charge is 2.08. The van der Waals surface area contributed by atoms with Crippen LogP contribution in [0.2, 0.25) is 0 Å². The smallest absolute Gasteiger partial charge is 0.255 e. The van der Waals surface area contributed by atoms with E-state index in [1.807, 2.05) is 17.5 Å². The number of nitrogens with zero attached hydrogens (tertiary/aromatic N) is 2. The van der Waals surface area contributed by atoms with Crippen LogP contribution in [0.15, 0.2) is 83.9 Å². The third-order valence-corrected chi connectivity index (χ3v) is 5.23. The average Bonchev–Trinajstić information content (AvgIpc) is 3.36. The molecule has 0 radical (unpaired) electrons. The molecule has 4 rings (SSSR count). The first-order valence-electron chi connectivity index (χ1n) is 9.86. The maximum absolute atomic E-state index is 12.4. The summed E-state index contributed by atoms with van der Waals surface area (Å²) < 4.78 is 5.66. The zero-order chi connectivity index (χ0) is 22.2. The molecular weight excluding hydrogens is 424 g/mol. The van der Waals surface area contributed by atoms with Crippen molar-refractivity contribution < 1.29 is 14.3 Å². The molecular formula is C24H20N4O3S. The Morgan fingerprint density at radius 3 is 2.25 bits per heavy atom. The van der Waals surface area contributed by atoms with Crippen LogP contribution in [0.25, 0.3) is 0 Å². The summed E-state index contributed by atoms with van der Waals surface area (Å²) in [6.07, 6.45) is 3.23. The fourth-order valence-electron chi connectivity index (χ4n) is 2.87. The van der Waals surface area contributed by atoms with Crippen LogP contribution in [0.1, 0.15) is 32.0 Å². The lowest BCUT2D eigenvalue weighted by Crippen LogP contribution is -2.22. The molecule has 0 fully saturated rings. The van der Waals surface area contributed by atoms with Gasteiger partial charge in [0.25, 0.3) is 11.8 Å². The second kappa shape index (κ2) is 10.3. The maximum Gasteiger partial charge on any atom is 0.255 e. The molecule has 0 atom stereocenters. The first-order chi connectivity index (χ1) is 15.7. The van der Waals surface area contributed by atoms with E-state index in [9.17, 15) is 9.59 Å². The fourth-order valence-corrected chi connectivity index (χ4v) is 3.41. The number of aromatic nitrogens is 2. The van der Waals surface area contributed by atoms with Gasteiger partial charge in [-0.3, -0.25) is 14.6 Å². The van der Waals surface area contributed by atoms with Crippen LogP contribution in [-0.4, -0.2) is 21.8 Å². The highest BCUT2D eigenvalue weighted by molar-refractivity contribution is 7.07. The Kier molecular flexibility index (Phi) is 6.84. The third-order valence-electron chi connectivity index (χ3n) is 4.59. The first kappa shape index (κ1) is 21.2. The van der Waals surface area contributed by atoms with E-state index in [4.69, 9.17) is 4.74 Å². The van der Waals surface area contributed by atoms with Gasteiger partial charge in [0.05, 0.1) is 11.2 Å². The standard InChI is InChI=1S/C24H20N4O3S/c29-23(18-5-7-22(8-6-18)31-14-21-15-32-16-27-21)26-13-17-1-3-19(4-2-17)24(30)28-20-9-11-25-12-10-20/h1-12,15-16H,13-14H2,(H,26,29)(H,25,28,30). The number of amides is 2. The van der Waals surface area contributed by atoms with Crippen molar-refractivity contribution >= 4 is 28.8 Å². The van der Waals surface area contributed by atoms with Gasteiger partial charge >= 0.3 is 0 Å². The predicted octanol–water partition coefficient (Wildman–Crippen LogP) is 4.30. The van der Waals surface area contributed by atoms with Crippen molar-refractivity contribution in [1.82, 2.24) is 15.3 Å². The van der Waals surface area contributed by atoms with E-state index >= 15 is 0 Å². The van der Waals surface area contributed by atoms with E-state index in [0.717, 1.165) is 11.3 Å². The number of thiazole rings is 1. The monoisotopic (exact) mass is 444 g/mol. The van der Waals surface area contributed by atoms with Gasteiger partial charge in [-0.2, -0.15) is 0 Å². The highest BCUT2D eigenvalue weighted by atomic mass is 32.1. The minimum Gasteiger partial charge on any atom is -0.487 e. The van der Waals surface area contributed by atoms with Crippen molar-refractivity contribution in [2.75, 3.05) is 5.32 Å². The van der Waals surface area contributed by atoms with Gasteiger partial charge in [-0.1, -0.05) is 12.1 Å². The topological polar surface area (TPSA) is 93.2 Å². The predicted molar refractivity (Wildman–Crippen MR) is 123 cm³/mol. The van der Waals surface area contributed by atoms with Gasteiger partial charge in [0.1, 0.15) is 12.4 Å². The molecule has 0 aliphatic heterocycles. The molecule has 2 aromatic heterocycles. The molecule has 2 amide bonds. The molecule has 7 nitrogen and oxygen atoms in total. The van der Waals surface area contributed by atoms with E-state index in [-0.39, 0.29) is 11.8 Å². The summed E-state index contributed by atoms with van der Waals surface area (Å²) in [7, 11) is 0. The van der Waals surface area contributed by atoms with Gasteiger partial charge < -0.3 is 15.4 Å². The van der Waals surface area contributed by atoms with E-state index in [0.29, 0.717) is 35.7 Å². The van der Waals surface area contributed by atoms with Crippen LogP contribution in [0.4, 0.5) is 5.69 Å². The van der Waals surface area contributed by atoms with Crippen molar-refractivity contribution in [2.24, 2.45) is 0 Å². The van der Waals surface area contributed by atoms with Gasteiger partial charge in [0, 0.05) is 41.1 Å². The molecule has 2 aromatic carbocycles. The summed E-state index contributed by atoms with van der Waals surface area (Å²) in [5.41, 5.74) is 5.28. The Hall–Kier alpha value is -4.04.